The fraction of sp³-hybridized carbons (Fsp3) is 0.750. The lowest BCUT2D eigenvalue weighted by Crippen LogP contribution is -2.62. The van der Waals surface area contributed by atoms with E-state index in [1.807, 2.05) is 6.92 Å². The summed E-state index contributed by atoms with van der Waals surface area (Å²) < 4.78 is 38.6. The van der Waals surface area contributed by atoms with Gasteiger partial charge in [-0.3, -0.25) is 4.18 Å². The number of ether oxygens (including phenoxy) is 1. The molecule has 120 valence electrons. The van der Waals surface area contributed by atoms with Gasteiger partial charge in [-0.15, -0.1) is 0 Å². The van der Waals surface area contributed by atoms with Gasteiger partial charge in [-0.2, -0.15) is 0 Å². The molecule has 0 aliphatic rings. The summed E-state index contributed by atoms with van der Waals surface area (Å²) in [5, 5.41) is 0. The molecular formula is C12H25NO6S. The summed E-state index contributed by atoms with van der Waals surface area (Å²) in [5.74, 6) is -0.349. The van der Waals surface area contributed by atoms with Crippen molar-refractivity contribution in [1.29, 1.82) is 0 Å². The SMILES string of the molecule is C=C(C)C(=O)OC([NH3+])CCC.CC(C)(C)OS(=O)(=O)[O-]. The number of quaternary nitrogens is 1. The van der Waals surface area contributed by atoms with E-state index < -0.39 is 16.0 Å². The van der Waals surface area contributed by atoms with E-state index in [0.29, 0.717) is 5.57 Å². The standard InChI is InChI=1S/C8H15NO2.C4H10O4S/c1-4-5-7(9)11-8(10)6(2)3;1-4(2,3)8-9(5,6)7/h7H,2,4-5,9H2,1,3H3;1-3H3,(H,5,6,7). The second-order valence-electron chi connectivity index (χ2n) is 5.20. The molecule has 0 spiro atoms. The van der Waals surface area contributed by atoms with Gasteiger partial charge < -0.3 is 15.0 Å². The number of hydrogen-bond donors (Lipinski definition) is 1. The molecule has 20 heavy (non-hydrogen) atoms. The van der Waals surface area contributed by atoms with Gasteiger partial charge in [0.25, 0.3) is 0 Å². The zero-order valence-electron chi connectivity index (χ0n) is 12.8. The summed E-state index contributed by atoms with van der Waals surface area (Å²) in [7, 11) is -4.53. The average molecular weight is 311 g/mol. The van der Waals surface area contributed by atoms with Gasteiger partial charge in [0.15, 0.2) is 0 Å². The molecule has 0 amide bonds. The predicted octanol–water partition coefficient (Wildman–Crippen LogP) is 0.736. The van der Waals surface area contributed by atoms with Gasteiger partial charge in [0, 0.05) is 12.0 Å². The van der Waals surface area contributed by atoms with Crippen LogP contribution in [0.2, 0.25) is 0 Å². The van der Waals surface area contributed by atoms with Crippen molar-refractivity contribution in [2.75, 3.05) is 0 Å². The molecule has 0 bridgehead atoms. The van der Waals surface area contributed by atoms with Crippen LogP contribution in [0.15, 0.2) is 12.2 Å². The quantitative estimate of drug-likeness (QED) is 0.263. The van der Waals surface area contributed by atoms with E-state index in [9.17, 15) is 17.8 Å². The summed E-state index contributed by atoms with van der Waals surface area (Å²) in [6, 6.07) is 0. The monoisotopic (exact) mass is 311 g/mol. The molecule has 0 rings (SSSR count). The van der Waals surface area contributed by atoms with Crippen molar-refractivity contribution in [1.82, 2.24) is 0 Å². The Bertz CT molecular complexity index is 410. The van der Waals surface area contributed by atoms with Crippen LogP contribution in [0.25, 0.3) is 0 Å². The van der Waals surface area contributed by atoms with Gasteiger partial charge in [-0.25, -0.2) is 13.2 Å². The molecule has 0 heterocycles. The fourth-order valence-corrected chi connectivity index (χ4v) is 1.55. The molecular weight excluding hydrogens is 286 g/mol. The van der Waals surface area contributed by atoms with Crippen molar-refractivity contribution in [3.05, 3.63) is 12.2 Å². The average Bonchev–Trinajstić information content (AvgIpc) is 2.12. The maximum absolute atomic E-state index is 10.9. The van der Waals surface area contributed by atoms with E-state index in [2.05, 4.69) is 16.5 Å². The van der Waals surface area contributed by atoms with Gasteiger partial charge in [-0.1, -0.05) is 13.5 Å². The number of carbonyl (C=O) groups is 1. The minimum absolute atomic E-state index is 0.232. The lowest BCUT2D eigenvalue weighted by Gasteiger charge is -2.20. The second-order valence-corrected chi connectivity index (χ2v) is 6.18. The minimum Gasteiger partial charge on any atom is -0.726 e. The van der Waals surface area contributed by atoms with E-state index in [0.717, 1.165) is 12.8 Å². The first-order chi connectivity index (χ1) is 8.78. The lowest BCUT2D eigenvalue weighted by atomic mass is 10.2. The smallest absolute Gasteiger partial charge is 0.337 e. The molecule has 0 aromatic heterocycles. The van der Waals surface area contributed by atoms with E-state index in [4.69, 9.17) is 4.74 Å². The molecule has 0 radical (unpaired) electrons. The molecule has 3 N–H and O–H groups in total. The summed E-state index contributed by atoms with van der Waals surface area (Å²) in [5.41, 5.74) is 3.18. The van der Waals surface area contributed by atoms with Crippen LogP contribution in [-0.2, 0) is 24.1 Å². The van der Waals surface area contributed by atoms with E-state index in [1.54, 1.807) is 6.92 Å². The van der Waals surface area contributed by atoms with Crippen molar-refractivity contribution in [2.45, 2.75) is 59.3 Å². The first-order valence-electron chi connectivity index (χ1n) is 6.14. The molecule has 1 unspecified atom stereocenters. The summed E-state index contributed by atoms with van der Waals surface area (Å²) >= 11 is 0. The summed E-state index contributed by atoms with van der Waals surface area (Å²) in [6.45, 7) is 11.6. The fourth-order valence-electron chi connectivity index (χ4n) is 0.939. The molecule has 0 aliphatic heterocycles. The van der Waals surface area contributed by atoms with Crippen LogP contribution in [0.5, 0.6) is 0 Å². The molecule has 8 heteroatoms. The van der Waals surface area contributed by atoms with Gasteiger partial charge >= 0.3 is 5.97 Å². The number of hydrogen-bond acceptors (Lipinski definition) is 6. The van der Waals surface area contributed by atoms with Crippen LogP contribution in [0.3, 0.4) is 0 Å². The molecule has 0 saturated heterocycles. The number of esters is 1. The van der Waals surface area contributed by atoms with Gasteiger partial charge in [-0.05, 0) is 34.1 Å². The second kappa shape index (κ2) is 9.06. The Morgan fingerprint density at radius 1 is 1.40 bits per heavy atom. The Morgan fingerprint density at radius 3 is 2.05 bits per heavy atom. The summed E-state index contributed by atoms with van der Waals surface area (Å²) in [6.07, 6.45) is 1.54. The zero-order chi connectivity index (χ0) is 16.6. The highest BCUT2D eigenvalue weighted by Crippen LogP contribution is 2.09. The zero-order valence-corrected chi connectivity index (χ0v) is 13.6. The molecule has 0 saturated carbocycles. The largest absolute Gasteiger partial charge is 0.726 e. The highest BCUT2D eigenvalue weighted by molar-refractivity contribution is 7.80. The van der Waals surface area contributed by atoms with E-state index >= 15 is 0 Å². The van der Waals surface area contributed by atoms with Crippen molar-refractivity contribution >= 4 is 16.4 Å². The number of rotatable bonds is 5. The van der Waals surface area contributed by atoms with Gasteiger partial charge in [0.1, 0.15) is 0 Å². The highest BCUT2D eigenvalue weighted by Gasteiger charge is 2.13. The first-order valence-corrected chi connectivity index (χ1v) is 7.48. The van der Waals surface area contributed by atoms with Crippen LogP contribution in [-0.4, -0.2) is 30.8 Å². The van der Waals surface area contributed by atoms with Crippen molar-refractivity contribution < 1.29 is 32.4 Å². The van der Waals surface area contributed by atoms with Gasteiger partial charge in [0.05, 0.1) is 5.60 Å². The third kappa shape index (κ3) is 17.0. The minimum atomic E-state index is -4.53. The molecule has 0 aromatic carbocycles. The van der Waals surface area contributed by atoms with Crippen LogP contribution >= 0.6 is 0 Å². The van der Waals surface area contributed by atoms with Gasteiger partial charge in [0.2, 0.25) is 16.6 Å². The molecule has 7 nitrogen and oxygen atoms in total. The number of carbonyl (C=O) groups excluding carboxylic acids is 1. The third-order valence-electron chi connectivity index (χ3n) is 1.58. The Morgan fingerprint density at radius 2 is 1.85 bits per heavy atom. The molecule has 0 aromatic rings. The van der Waals surface area contributed by atoms with Crippen LogP contribution < -0.4 is 5.73 Å². The third-order valence-corrected chi connectivity index (χ3v) is 2.29. The Hall–Kier alpha value is -0.960. The van der Waals surface area contributed by atoms with E-state index in [1.165, 1.54) is 20.8 Å². The Kier molecular flexibility index (Phi) is 9.67. The first kappa shape index (κ1) is 21.3. The molecule has 0 fully saturated rings. The van der Waals surface area contributed by atoms with Crippen LogP contribution in [0.4, 0.5) is 0 Å². The predicted molar refractivity (Wildman–Crippen MR) is 73.0 cm³/mol. The van der Waals surface area contributed by atoms with Crippen molar-refractivity contribution in [3.63, 3.8) is 0 Å². The van der Waals surface area contributed by atoms with Crippen molar-refractivity contribution in [3.8, 4) is 0 Å². The Balaban J connectivity index is 0. The maximum atomic E-state index is 10.9. The topological polar surface area (TPSA) is 120 Å². The molecule has 0 aliphatic carbocycles. The Labute approximate surface area is 121 Å². The lowest BCUT2D eigenvalue weighted by molar-refractivity contribution is -0.481. The normalized spacial score (nSPS) is 12.9. The van der Waals surface area contributed by atoms with Crippen LogP contribution in [0.1, 0.15) is 47.5 Å². The van der Waals surface area contributed by atoms with Crippen molar-refractivity contribution in [2.24, 2.45) is 0 Å². The highest BCUT2D eigenvalue weighted by atomic mass is 32.3. The summed E-state index contributed by atoms with van der Waals surface area (Å²) in [4.78, 5) is 10.9. The van der Waals surface area contributed by atoms with E-state index in [-0.39, 0.29) is 12.2 Å². The molecule has 1 atom stereocenters. The van der Waals surface area contributed by atoms with Crippen LogP contribution in [0, 0.1) is 0 Å². The maximum Gasteiger partial charge on any atom is 0.337 e.